The molecule has 0 aromatic carbocycles. The molecule has 0 saturated heterocycles. The molecule has 0 radical (unpaired) electrons. The molecule has 1 rings (SSSR count). The Labute approximate surface area is 106 Å². The van der Waals surface area contributed by atoms with Crippen molar-refractivity contribution in [3.05, 3.63) is 23.9 Å². The Morgan fingerprint density at radius 2 is 2.06 bits per heavy atom. The average Bonchev–Trinajstić information content (AvgIpc) is 2.38. The minimum atomic E-state index is -1.02. The Bertz CT molecular complexity index is 430. The minimum Gasteiger partial charge on any atom is -0.478 e. The third-order valence-corrected chi connectivity index (χ3v) is 2.54. The second-order valence-corrected chi connectivity index (χ2v) is 3.65. The SMILES string of the molecule is CCN(CC)C(=O)CNc1cc(C(=O)O)ccn1. The van der Waals surface area contributed by atoms with Gasteiger partial charge < -0.3 is 15.3 Å². The van der Waals surface area contributed by atoms with E-state index in [0.717, 1.165) is 0 Å². The van der Waals surface area contributed by atoms with Gasteiger partial charge in [0.15, 0.2) is 0 Å². The van der Waals surface area contributed by atoms with Gasteiger partial charge in [-0.3, -0.25) is 4.79 Å². The maximum Gasteiger partial charge on any atom is 0.335 e. The monoisotopic (exact) mass is 251 g/mol. The number of nitrogens with zero attached hydrogens (tertiary/aromatic N) is 2. The summed E-state index contributed by atoms with van der Waals surface area (Å²) in [6, 6.07) is 2.80. The lowest BCUT2D eigenvalue weighted by molar-refractivity contribution is -0.128. The van der Waals surface area contributed by atoms with Crippen LogP contribution in [0.1, 0.15) is 24.2 Å². The van der Waals surface area contributed by atoms with Crippen LogP contribution in [0.4, 0.5) is 5.82 Å². The Kier molecular flexibility index (Phi) is 5.10. The highest BCUT2D eigenvalue weighted by Crippen LogP contribution is 2.06. The van der Waals surface area contributed by atoms with Crippen LogP contribution in [0.3, 0.4) is 0 Å². The Morgan fingerprint density at radius 1 is 1.39 bits per heavy atom. The number of nitrogens with one attached hydrogen (secondary N) is 1. The van der Waals surface area contributed by atoms with E-state index in [1.54, 1.807) is 4.90 Å². The Balaban J connectivity index is 2.61. The van der Waals surface area contributed by atoms with Gasteiger partial charge in [-0.2, -0.15) is 0 Å². The number of rotatable bonds is 6. The first-order chi connectivity index (χ1) is 8.58. The summed E-state index contributed by atoms with van der Waals surface area (Å²) in [5.41, 5.74) is 0.141. The molecule has 2 N–H and O–H groups in total. The van der Waals surface area contributed by atoms with Gasteiger partial charge in [0.25, 0.3) is 0 Å². The Morgan fingerprint density at radius 3 is 2.61 bits per heavy atom. The first kappa shape index (κ1) is 14.0. The summed E-state index contributed by atoms with van der Waals surface area (Å²) in [4.78, 5) is 28.1. The van der Waals surface area contributed by atoms with E-state index in [1.807, 2.05) is 13.8 Å². The number of likely N-dealkylation sites (N-methyl/N-ethyl adjacent to an activating group) is 1. The van der Waals surface area contributed by atoms with Crippen molar-refractivity contribution in [3.8, 4) is 0 Å². The number of hydrogen-bond donors (Lipinski definition) is 2. The van der Waals surface area contributed by atoms with Crippen LogP contribution in [0.25, 0.3) is 0 Å². The lowest BCUT2D eigenvalue weighted by Crippen LogP contribution is -2.35. The number of carboxylic acids is 1. The van der Waals surface area contributed by atoms with E-state index >= 15 is 0 Å². The summed E-state index contributed by atoms with van der Waals surface area (Å²) in [5.74, 6) is -0.673. The number of aromatic nitrogens is 1. The highest BCUT2D eigenvalue weighted by atomic mass is 16.4. The zero-order valence-corrected chi connectivity index (χ0v) is 10.5. The predicted molar refractivity (Wildman–Crippen MR) is 67.6 cm³/mol. The fourth-order valence-electron chi connectivity index (χ4n) is 1.51. The van der Waals surface area contributed by atoms with Gasteiger partial charge in [0.2, 0.25) is 5.91 Å². The number of pyridine rings is 1. The quantitative estimate of drug-likeness (QED) is 0.790. The van der Waals surface area contributed by atoms with Crippen LogP contribution in [-0.2, 0) is 4.79 Å². The second-order valence-electron chi connectivity index (χ2n) is 3.65. The van der Waals surface area contributed by atoms with E-state index in [9.17, 15) is 9.59 Å². The second kappa shape index (κ2) is 6.58. The molecule has 1 amide bonds. The summed E-state index contributed by atoms with van der Waals surface area (Å²) in [6.07, 6.45) is 1.40. The number of carboxylic acid groups (broad SMARTS) is 1. The standard InChI is InChI=1S/C12H17N3O3/c1-3-15(4-2)11(16)8-14-10-7-9(12(17)18)5-6-13-10/h5-7H,3-4,8H2,1-2H3,(H,13,14)(H,17,18). The molecule has 98 valence electrons. The van der Waals surface area contributed by atoms with Crippen LogP contribution in [-0.4, -0.2) is 46.5 Å². The molecular formula is C12H17N3O3. The van der Waals surface area contributed by atoms with Gasteiger partial charge in [0, 0.05) is 19.3 Å². The highest BCUT2D eigenvalue weighted by Gasteiger charge is 2.10. The van der Waals surface area contributed by atoms with Crippen LogP contribution in [0, 0.1) is 0 Å². The van der Waals surface area contributed by atoms with Crippen molar-refractivity contribution < 1.29 is 14.7 Å². The number of carbonyl (C=O) groups excluding carboxylic acids is 1. The van der Waals surface area contributed by atoms with Crippen LogP contribution in [0.2, 0.25) is 0 Å². The molecule has 0 bridgehead atoms. The molecule has 6 nitrogen and oxygen atoms in total. The van der Waals surface area contributed by atoms with Crippen molar-refractivity contribution in [2.75, 3.05) is 25.0 Å². The van der Waals surface area contributed by atoms with E-state index in [0.29, 0.717) is 18.9 Å². The van der Waals surface area contributed by atoms with Gasteiger partial charge in [-0.25, -0.2) is 9.78 Å². The van der Waals surface area contributed by atoms with Gasteiger partial charge >= 0.3 is 5.97 Å². The van der Waals surface area contributed by atoms with Crippen molar-refractivity contribution in [2.45, 2.75) is 13.8 Å². The molecule has 6 heteroatoms. The van der Waals surface area contributed by atoms with Gasteiger partial charge in [-0.05, 0) is 26.0 Å². The van der Waals surface area contributed by atoms with E-state index < -0.39 is 5.97 Å². The number of hydrogen-bond acceptors (Lipinski definition) is 4. The zero-order chi connectivity index (χ0) is 13.5. The minimum absolute atomic E-state index is 0.0393. The largest absolute Gasteiger partial charge is 0.478 e. The van der Waals surface area contributed by atoms with E-state index in [1.165, 1.54) is 18.3 Å². The first-order valence-electron chi connectivity index (χ1n) is 5.79. The third-order valence-electron chi connectivity index (χ3n) is 2.54. The predicted octanol–water partition coefficient (Wildman–Crippen LogP) is 1.06. The maximum atomic E-state index is 11.7. The molecule has 1 aromatic rings. The highest BCUT2D eigenvalue weighted by molar-refractivity contribution is 5.88. The molecule has 0 unspecified atom stereocenters. The summed E-state index contributed by atoms with van der Waals surface area (Å²) in [6.45, 7) is 5.23. The molecule has 0 spiro atoms. The first-order valence-corrected chi connectivity index (χ1v) is 5.79. The van der Waals surface area contributed by atoms with Gasteiger partial charge in [-0.15, -0.1) is 0 Å². The van der Waals surface area contributed by atoms with Gasteiger partial charge in [0.1, 0.15) is 5.82 Å². The molecule has 1 aromatic heterocycles. The van der Waals surface area contributed by atoms with E-state index in [4.69, 9.17) is 5.11 Å². The number of amides is 1. The average molecular weight is 251 g/mol. The number of aromatic carboxylic acids is 1. The topological polar surface area (TPSA) is 82.5 Å². The summed E-state index contributed by atoms with van der Waals surface area (Å²) in [5, 5.41) is 11.6. The number of anilines is 1. The molecular weight excluding hydrogens is 234 g/mol. The molecule has 0 aliphatic carbocycles. The summed E-state index contributed by atoms with van der Waals surface area (Å²) < 4.78 is 0. The smallest absolute Gasteiger partial charge is 0.335 e. The summed E-state index contributed by atoms with van der Waals surface area (Å²) in [7, 11) is 0. The lowest BCUT2D eigenvalue weighted by Gasteiger charge is -2.18. The lowest BCUT2D eigenvalue weighted by atomic mass is 10.2. The van der Waals surface area contributed by atoms with Crippen LogP contribution in [0.15, 0.2) is 18.3 Å². The van der Waals surface area contributed by atoms with Crippen molar-refractivity contribution in [3.63, 3.8) is 0 Å². The molecule has 0 aliphatic rings. The van der Waals surface area contributed by atoms with Crippen LogP contribution in [0.5, 0.6) is 0 Å². The fraction of sp³-hybridized carbons (Fsp3) is 0.417. The Hall–Kier alpha value is -2.11. The van der Waals surface area contributed by atoms with Crippen molar-refractivity contribution in [1.29, 1.82) is 0 Å². The van der Waals surface area contributed by atoms with Crippen molar-refractivity contribution in [2.24, 2.45) is 0 Å². The molecule has 0 saturated carbocycles. The number of carbonyl (C=O) groups is 2. The molecule has 1 heterocycles. The van der Waals surface area contributed by atoms with Crippen LogP contribution >= 0.6 is 0 Å². The normalized spacial score (nSPS) is 9.89. The maximum absolute atomic E-state index is 11.7. The van der Waals surface area contributed by atoms with Gasteiger partial charge in [-0.1, -0.05) is 0 Å². The third kappa shape index (κ3) is 3.73. The van der Waals surface area contributed by atoms with Crippen LogP contribution < -0.4 is 5.32 Å². The zero-order valence-electron chi connectivity index (χ0n) is 10.5. The van der Waals surface area contributed by atoms with E-state index in [-0.39, 0.29) is 18.0 Å². The van der Waals surface area contributed by atoms with Crippen molar-refractivity contribution in [1.82, 2.24) is 9.88 Å². The molecule has 0 aliphatic heterocycles. The molecule has 18 heavy (non-hydrogen) atoms. The summed E-state index contributed by atoms with van der Waals surface area (Å²) >= 11 is 0. The molecule has 0 fully saturated rings. The fourth-order valence-corrected chi connectivity index (χ4v) is 1.51. The van der Waals surface area contributed by atoms with Gasteiger partial charge in [0.05, 0.1) is 12.1 Å². The molecule has 0 atom stereocenters. The van der Waals surface area contributed by atoms with Crippen molar-refractivity contribution >= 4 is 17.7 Å². The van der Waals surface area contributed by atoms with E-state index in [2.05, 4.69) is 10.3 Å².